The summed E-state index contributed by atoms with van der Waals surface area (Å²) >= 11 is 3.07. The number of hydrogen-bond acceptors (Lipinski definition) is 11. The van der Waals surface area contributed by atoms with Crippen LogP contribution in [0.15, 0.2) is 36.6 Å². The Balaban J connectivity index is 1.36. The summed E-state index contributed by atoms with van der Waals surface area (Å²) in [5.74, 6) is -1.95. The molecule has 0 saturated carbocycles. The second-order valence-electron chi connectivity index (χ2n) is 7.15. The van der Waals surface area contributed by atoms with Gasteiger partial charge in [-0.1, -0.05) is 5.16 Å². The molecule has 1 amide bonds. The van der Waals surface area contributed by atoms with Crippen LogP contribution in [0.3, 0.4) is 0 Å². The Kier molecular flexibility index (Phi) is 7.44. The molecule has 0 radical (unpaired) electrons. The average Bonchev–Trinajstić information content (AvgIpc) is 3.45. The van der Waals surface area contributed by atoms with Crippen LogP contribution in [-0.2, 0) is 14.3 Å². The Hall–Kier alpha value is -3.43. The quantitative estimate of drug-likeness (QED) is 0.252. The van der Waals surface area contributed by atoms with Crippen molar-refractivity contribution in [2.24, 2.45) is 0 Å². The lowest BCUT2D eigenvalue weighted by Crippen LogP contribution is -2.44. The third-order valence-corrected chi connectivity index (χ3v) is 5.44. The van der Waals surface area contributed by atoms with Gasteiger partial charge in [0.05, 0.1) is 23.2 Å². The molecule has 0 spiro atoms. The first-order chi connectivity index (χ1) is 16.4. The lowest BCUT2D eigenvalue weighted by molar-refractivity contribution is -0.136. The monoisotopic (exact) mass is 539 g/mol. The zero-order valence-electron chi connectivity index (χ0n) is 17.5. The molecule has 0 bridgehead atoms. The van der Waals surface area contributed by atoms with Crippen LogP contribution in [-0.4, -0.2) is 70.6 Å². The molecule has 3 aromatic rings. The number of benzene rings is 1. The van der Waals surface area contributed by atoms with Gasteiger partial charge in [0.1, 0.15) is 11.9 Å². The van der Waals surface area contributed by atoms with Crippen LogP contribution in [0.25, 0.3) is 17.2 Å². The molecule has 1 saturated heterocycles. The normalized spacial score (nSPS) is 15.8. The number of rotatable bonds is 9. The third kappa shape index (κ3) is 5.37. The van der Waals surface area contributed by atoms with Crippen molar-refractivity contribution in [2.75, 3.05) is 38.1 Å². The number of anilines is 1. The summed E-state index contributed by atoms with van der Waals surface area (Å²) < 4.78 is 29.7. The van der Waals surface area contributed by atoms with E-state index in [9.17, 15) is 18.8 Å². The third-order valence-electron chi connectivity index (χ3n) is 4.83. The summed E-state index contributed by atoms with van der Waals surface area (Å²) in [6.07, 6.45) is -0.912. The summed E-state index contributed by atoms with van der Waals surface area (Å²) in [5, 5.41) is 19.8. The van der Waals surface area contributed by atoms with E-state index in [1.807, 2.05) is 0 Å². The van der Waals surface area contributed by atoms with E-state index in [1.54, 1.807) is 0 Å². The Morgan fingerprint density at radius 1 is 1.26 bits per heavy atom. The van der Waals surface area contributed by atoms with Crippen LogP contribution < -0.4 is 21.7 Å². The molecule has 1 atom stereocenters. The first-order valence-corrected chi connectivity index (χ1v) is 11.0. The number of carbonyl (C=O) groups is 2. The number of halogens is 2. The predicted molar refractivity (Wildman–Crippen MR) is 117 cm³/mol. The molecule has 1 aliphatic heterocycles. The van der Waals surface area contributed by atoms with Crippen LogP contribution in [0.5, 0.6) is 0 Å². The Labute approximate surface area is 199 Å². The van der Waals surface area contributed by atoms with Gasteiger partial charge in [-0.05, 0) is 44.4 Å². The van der Waals surface area contributed by atoms with Crippen LogP contribution in [0, 0.1) is 5.82 Å². The van der Waals surface area contributed by atoms with Gasteiger partial charge < -0.3 is 20.7 Å². The molecule has 2 aromatic heterocycles. The highest BCUT2D eigenvalue weighted by Gasteiger charge is 2.24. The molecule has 4 rings (SSSR count). The lowest BCUT2D eigenvalue weighted by atomic mass is 10.1. The van der Waals surface area contributed by atoms with Crippen molar-refractivity contribution < 1.29 is 27.9 Å². The number of nitrogens with zero attached hydrogens (tertiary/aromatic N) is 4. The Bertz CT molecular complexity index is 1240. The molecule has 3 heterocycles. The van der Waals surface area contributed by atoms with E-state index in [0.717, 1.165) is 4.57 Å². The highest BCUT2D eigenvalue weighted by atomic mass is 79.9. The van der Waals surface area contributed by atoms with Crippen molar-refractivity contribution in [3.8, 4) is 17.2 Å². The number of ether oxygens (including phenoxy) is 1. The molecule has 13 nitrogen and oxygen atoms in total. The number of aromatic nitrogens is 4. The van der Waals surface area contributed by atoms with Crippen molar-refractivity contribution in [1.82, 2.24) is 30.7 Å². The maximum atomic E-state index is 13.6. The highest BCUT2D eigenvalue weighted by molar-refractivity contribution is 9.10. The number of nitrogens with one attached hydrogen (secondary N) is 3. The van der Waals surface area contributed by atoms with Gasteiger partial charge in [-0.3, -0.25) is 14.1 Å². The Morgan fingerprint density at radius 2 is 2.12 bits per heavy atom. The summed E-state index contributed by atoms with van der Waals surface area (Å²) in [5.41, 5.74) is 0.340. The summed E-state index contributed by atoms with van der Waals surface area (Å²) in [7, 11) is 0. The molecular weight excluding hydrogens is 521 g/mol. The van der Waals surface area contributed by atoms with Gasteiger partial charge in [0.15, 0.2) is 11.5 Å². The molecule has 3 N–H and O–H groups in total. The minimum absolute atomic E-state index is 0.0250. The fourth-order valence-corrected chi connectivity index (χ4v) is 3.56. The first-order valence-electron chi connectivity index (χ1n) is 10.2. The molecule has 1 fully saturated rings. The van der Waals surface area contributed by atoms with Gasteiger partial charge in [0.2, 0.25) is 17.5 Å². The molecule has 180 valence electrons. The van der Waals surface area contributed by atoms with Gasteiger partial charge in [0, 0.05) is 26.2 Å². The minimum atomic E-state index is -0.823. The molecule has 1 aliphatic rings. The van der Waals surface area contributed by atoms with Crippen LogP contribution in [0.2, 0.25) is 0 Å². The second kappa shape index (κ2) is 10.7. The molecule has 15 heteroatoms. The zero-order chi connectivity index (χ0) is 24.1. The fourth-order valence-electron chi connectivity index (χ4n) is 3.19. The van der Waals surface area contributed by atoms with E-state index < -0.39 is 23.6 Å². The first kappa shape index (κ1) is 23.7. The van der Waals surface area contributed by atoms with Gasteiger partial charge in [-0.15, -0.1) is 0 Å². The van der Waals surface area contributed by atoms with Crippen molar-refractivity contribution in [3.05, 3.63) is 39.0 Å². The smallest absolute Gasteiger partial charge is 0.368 e. The zero-order valence-corrected chi connectivity index (χ0v) is 19.1. The van der Waals surface area contributed by atoms with E-state index in [0.29, 0.717) is 19.7 Å². The van der Waals surface area contributed by atoms with E-state index in [4.69, 9.17) is 13.9 Å². The Morgan fingerprint density at radius 3 is 2.88 bits per heavy atom. The topological polar surface area (TPSA) is 166 Å². The largest absolute Gasteiger partial charge is 0.446 e. The van der Waals surface area contributed by atoms with Gasteiger partial charge in [-0.25, -0.2) is 18.4 Å². The van der Waals surface area contributed by atoms with Crippen molar-refractivity contribution >= 4 is 33.4 Å². The molecular formula is C19H19BrFN7O6. The number of ketones is 1. The summed E-state index contributed by atoms with van der Waals surface area (Å²) in [6, 6.07) is 3.92. The maximum absolute atomic E-state index is 13.6. The SMILES string of the molecule is O=C(CC(=O)C1CNCCO1)NCCNc1nonc1-c1noc(=O)n1-c1ccc(F)c(Br)c1. The van der Waals surface area contributed by atoms with E-state index in [1.165, 1.54) is 18.2 Å². The molecule has 0 aliphatic carbocycles. The summed E-state index contributed by atoms with van der Waals surface area (Å²) in [4.78, 5) is 36.3. The number of hydrogen-bond donors (Lipinski definition) is 3. The van der Waals surface area contributed by atoms with Crippen LogP contribution in [0.1, 0.15) is 6.42 Å². The summed E-state index contributed by atoms with van der Waals surface area (Å²) in [6.45, 7) is 1.85. The van der Waals surface area contributed by atoms with Gasteiger partial charge in [0.25, 0.3) is 0 Å². The number of carbonyl (C=O) groups excluding carboxylic acids is 2. The van der Waals surface area contributed by atoms with E-state index >= 15 is 0 Å². The lowest BCUT2D eigenvalue weighted by Gasteiger charge is -2.22. The van der Waals surface area contributed by atoms with E-state index in [-0.39, 0.29) is 52.8 Å². The predicted octanol–water partition coefficient (Wildman–Crippen LogP) is 0.253. The molecule has 34 heavy (non-hydrogen) atoms. The highest BCUT2D eigenvalue weighted by Crippen LogP contribution is 2.26. The van der Waals surface area contributed by atoms with Gasteiger partial charge in [-0.2, -0.15) is 0 Å². The van der Waals surface area contributed by atoms with Gasteiger partial charge >= 0.3 is 5.76 Å². The number of morpholine rings is 1. The average molecular weight is 540 g/mol. The van der Waals surface area contributed by atoms with Crippen LogP contribution >= 0.6 is 15.9 Å². The fraction of sp³-hybridized carbons (Fsp3) is 0.368. The second-order valence-corrected chi connectivity index (χ2v) is 8.01. The van der Waals surface area contributed by atoms with Crippen molar-refractivity contribution in [1.29, 1.82) is 0 Å². The number of amides is 1. The van der Waals surface area contributed by atoms with Crippen LogP contribution in [0.4, 0.5) is 10.2 Å². The number of Topliss-reactive ketones (excluding diaryl/α,β-unsaturated/α-hetero) is 1. The maximum Gasteiger partial charge on any atom is 0.446 e. The van der Waals surface area contributed by atoms with E-state index in [2.05, 4.69) is 47.4 Å². The minimum Gasteiger partial charge on any atom is -0.368 e. The molecule has 1 unspecified atom stereocenters. The standard InChI is InChI=1S/C19H19BrFN7O6/c20-11-7-10(1-2-12(11)21)28-18(27-33-19(28)31)16-17(26-34-25-16)24-4-3-23-15(30)8-13(29)14-9-22-5-6-32-14/h1-2,7,14,22H,3-6,8-9H2,(H,23,30)(H,24,26). The van der Waals surface area contributed by atoms with Crippen molar-refractivity contribution in [3.63, 3.8) is 0 Å². The van der Waals surface area contributed by atoms with Crippen molar-refractivity contribution in [2.45, 2.75) is 12.5 Å². The molecule has 1 aromatic carbocycles.